The van der Waals surface area contributed by atoms with Crippen LogP contribution in [-0.2, 0) is 0 Å². The fourth-order valence-electron chi connectivity index (χ4n) is 3.30. The van der Waals surface area contributed by atoms with E-state index in [0.717, 1.165) is 31.0 Å². The van der Waals surface area contributed by atoms with Crippen molar-refractivity contribution in [2.24, 2.45) is 0 Å². The van der Waals surface area contributed by atoms with Gasteiger partial charge in [0.1, 0.15) is 11.6 Å². The molecule has 0 saturated carbocycles. The van der Waals surface area contributed by atoms with E-state index in [2.05, 4.69) is 34.0 Å². The Morgan fingerprint density at radius 1 is 1.21 bits per heavy atom. The van der Waals surface area contributed by atoms with Crippen LogP contribution < -0.4 is 4.90 Å². The van der Waals surface area contributed by atoms with Gasteiger partial charge in [-0.1, -0.05) is 12.1 Å². The lowest BCUT2D eigenvalue weighted by atomic mass is 10.1. The number of benzene rings is 1. The smallest absolute Gasteiger partial charge is 0.157 e. The van der Waals surface area contributed by atoms with Crippen LogP contribution in [0, 0.1) is 5.82 Å². The lowest BCUT2D eigenvalue weighted by Gasteiger charge is -2.22. The summed E-state index contributed by atoms with van der Waals surface area (Å²) in [6, 6.07) is 11.1. The summed E-state index contributed by atoms with van der Waals surface area (Å²) < 4.78 is 16.0. The monoisotopic (exact) mass is 325 g/mol. The number of hydrogen-bond donors (Lipinski definition) is 0. The van der Waals surface area contributed by atoms with Crippen LogP contribution in [0.2, 0.25) is 0 Å². The van der Waals surface area contributed by atoms with Crippen molar-refractivity contribution in [1.82, 2.24) is 19.5 Å². The van der Waals surface area contributed by atoms with Crippen molar-refractivity contribution in [3.63, 3.8) is 0 Å². The summed E-state index contributed by atoms with van der Waals surface area (Å²) in [5.41, 5.74) is 1.90. The molecule has 1 fully saturated rings. The number of hydrogen-bond acceptors (Lipinski definition) is 4. The number of halogens is 1. The summed E-state index contributed by atoms with van der Waals surface area (Å²) in [4.78, 5) is 9.13. The molecule has 0 amide bonds. The normalized spacial score (nSPS) is 18.0. The second-order valence-electron chi connectivity index (χ2n) is 6.43. The topological polar surface area (TPSA) is 36.7 Å². The van der Waals surface area contributed by atoms with Gasteiger partial charge in [-0.15, -0.1) is 0 Å². The highest BCUT2D eigenvalue weighted by Crippen LogP contribution is 2.28. The minimum Gasteiger partial charge on any atom is -0.355 e. The standard InChI is InChI=1S/C18H20FN5/c1-22(2)13-8-10-23(12-13)18-11-16(14-5-3-4-6-15(14)19)21-17-7-9-20-24(17)18/h3-7,9,11,13H,8,10,12H2,1-2H3. The van der Waals surface area contributed by atoms with Gasteiger partial charge in [0.15, 0.2) is 5.65 Å². The van der Waals surface area contributed by atoms with Gasteiger partial charge < -0.3 is 9.80 Å². The van der Waals surface area contributed by atoms with E-state index < -0.39 is 0 Å². The zero-order valence-electron chi connectivity index (χ0n) is 13.9. The van der Waals surface area contributed by atoms with Gasteiger partial charge in [0, 0.05) is 36.8 Å². The third kappa shape index (κ3) is 2.53. The molecule has 0 spiro atoms. The maximum atomic E-state index is 14.2. The van der Waals surface area contributed by atoms with Crippen molar-refractivity contribution in [2.45, 2.75) is 12.5 Å². The molecule has 0 radical (unpaired) electrons. The second kappa shape index (κ2) is 5.87. The summed E-state index contributed by atoms with van der Waals surface area (Å²) in [7, 11) is 4.21. The summed E-state index contributed by atoms with van der Waals surface area (Å²) in [6.07, 6.45) is 2.84. The maximum absolute atomic E-state index is 14.2. The second-order valence-corrected chi connectivity index (χ2v) is 6.43. The molecular formula is C18H20FN5. The fourth-order valence-corrected chi connectivity index (χ4v) is 3.30. The minimum atomic E-state index is -0.257. The Kier molecular flexibility index (Phi) is 3.69. The zero-order chi connectivity index (χ0) is 16.7. The lowest BCUT2D eigenvalue weighted by Crippen LogP contribution is -2.32. The van der Waals surface area contributed by atoms with Crippen LogP contribution in [0.15, 0.2) is 42.6 Å². The van der Waals surface area contributed by atoms with E-state index in [9.17, 15) is 4.39 Å². The van der Waals surface area contributed by atoms with Crippen LogP contribution in [0.4, 0.5) is 10.2 Å². The highest BCUT2D eigenvalue weighted by Gasteiger charge is 2.26. The molecule has 3 heterocycles. The quantitative estimate of drug-likeness (QED) is 0.742. The molecular weight excluding hydrogens is 305 g/mol. The molecule has 24 heavy (non-hydrogen) atoms. The Morgan fingerprint density at radius 3 is 2.79 bits per heavy atom. The van der Waals surface area contributed by atoms with Gasteiger partial charge in [-0.2, -0.15) is 9.61 Å². The summed E-state index contributed by atoms with van der Waals surface area (Å²) in [5.74, 6) is 0.708. The molecule has 1 aromatic carbocycles. The van der Waals surface area contributed by atoms with E-state index in [1.165, 1.54) is 6.07 Å². The highest BCUT2D eigenvalue weighted by molar-refractivity contribution is 5.67. The first kappa shape index (κ1) is 15.1. The van der Waals surface area contributed by atoms with E-state index in [1.54, 1.807) is 18.3 Å². The van der Waals surface area contributed by atoms with Gasteiger partial charge in [-0.3, -0.25) is 0 Å². The molecule has 1 saturated heterocycles. The summed E-state index contributed by atoms with van der Waals surface area (Å²) in [6.45, 7) is 1.89. The first-order valence-corrected chi connectivity index (χ1v) is 8.14. The number of rotatable bonds is 3. The molecule has 0 aliphatic carbocycles. The van der Waals surface area contributed by atoms with E-state index in [-0.39, 0.29) is 5.82 Å². The van der Waals surface area contributed by atoms with E-state index >= 15 is 0 Å². The van der Waals surface area contributed by atoms with Crippen molar-refractivity contribution < 1.29 is 4.39 Å². The SMILES string of the molecule is CN(C)C1CCN(c2cc(-c3ccccc3F)nc3ccnn23)C1. The Morgan fingerprint density at radius 2 is 2.04 bits per heavy atom. The third-order valence-electron chi connectivity index (χ3n) is 4.71. The maximum Gasteiger partial charge on any atom is 0.157 e. The van der Waals surface area contributed by atoms with Crippen molar-refractivity contribution >= 4 is 11.5 Å². The van der Waals surface area contributed by atoms with E-state index in [1.807, 2.05) is 22.7 Å². The van der Waals surface area contributed by atoms with Gasteiger partial charge in [0.05, 0.1) is 11.9 Å². The van der Waals surface area contributed by atoms with E-state index in [4.69, 9.17) is 0 Å². The van der Waals surface area contributed by atoms with Crippen LogP contribution >= 0.6 is 0 Å². The first-order valence-electron chi connectivity index (χ1n) is 8.14. The number of aromatic nitrogens is 3. The van der Waals surface area contributed by atoms with Gasteiger partial charge in [0.25, 0.3) is 0 Å². The lowest BCUT2D eigenvalue weighted by molar-refractivity contribution is 0.315. The van der Waals surface area contributed by atoms with Crippen molar-refractivity contribution in [2.75, 3.05) is 32.1 Å². The van der Waals surface area contributed by atoms with Crippen molar-refractivity contribution in [1.29, 1.82) is 0 Å². The third-order valence-corrected chi connectivity index (χ3v) is 4.71. The Labute approximate surface area is 140 Å². The van der Waals surface area contributed by atoms with Crippen LogP contribution in [-0.4, -0.2) is 52.7 Å². The average Bonchev–Trinajstić information content (AvgIpc) is 3.23. The van der Waals surface area contributed by atoms with Crippen LogP contribution in [0.3, 0.4) is 0 Å². The Balaban J connectivity index is 1.81. The molecule has 1 atom stereocenters. The summed E-state index contributed by atoms with van der Waals surface area (Å²) >= 11 is 0. The molecule has 0 N–H and O–H groups in total. The molecule has 1 aliphatic rings. The molecule has 6 heteroatoms. The number of anilines is 1. The molecule has 4 rings (SSSR count). The van der Waals surface area contributed by atoms with Crippen molar-refractivity contribution in [3.05, 3.63) is 48.4 Å². The minimum absolute atomic E-state index is 0.257. The largest absolute Gasteiger partial charge is 0.355 e. The van der Waals surface area contributed by atoms with Gasteiger partial charge in [-0.05, 0) is 32.6 Å². The zero-order valence-corrected chi connectivity index (χ0v) is 13.9. The Hall–Kier alpha value is -2.47. The fraction of sp³-hybridized carbons (Fsp3) is 0.333. The first-order chi connectivity index (χ1) is 11.6. The molecule has 3 aromatic rings. The van der Waals surface area contributed by atoms with Crippen LogP contribution in [0.25, 0.3) is 16.9 Å². The number of likely N-dealkylation sites (N-methyl/N-ethyl adjacent to an activating group) is 1. The number of fused-ring (bicyclic) bond motifs is 1. The Bertz CT molecular complexity index is 873. The molecule has 5 nitrogen and oxygen atoms in total. The van der Waals surface area contributed by atoms with Gasteiger partial charge in [-0.25, -0.2) is 9.37 Å². The van der Waals surface area contributed by atoms with Gasteiger partial charge in [0.2, 0.25) is 0 Å². The van der Waals surface area contributed by atoms with Crippen LogP contribution in [0.5, 0.6) is 0 Å². The highest BCUT2D eigenvalue weighted by atomic mass is 19.1. The van der Waals surface area contributed by atoms with Crippen LogP contribution in [0.1, 0.15) is 6.42 Å². The molecule has 1 aliphatic heterocycles. The predicted octanol–water partition coefficient (Wildman–Crippen LogP) is 2.68. The number of nitrogens with zero attached hydrogens (tertiary/aromatic N) is 5. The molecule has 1 unspecified atom stereocenters. The van der Waals surface area contributed by atoms with Crippen molar-refractivity contribution in [3.8, 4) is 11.3 Å². The van der Waals surface area contributed by atoms with E-state index in [0.29, 0.717) is 17.3 Å². The average molecular weight is 325 g/mol. The predicted molar refractivity (Wildman–Crippen MR) is 92.7 cm³/mol. The van der Waals surface area contributed by atoms with Gasteiger partial charge >= 0.3 is 0 Å². The molecule has 2 aromatic heterocycles. The molecule has 124 valence electrons. The summed E-state index contributed by atoms with van der Waals surface area (Å²) in [5, 5.41) is 4.40. The molecule has 0 bridgehead atoms.